The fourth-order valence-electron chi connectivity index (χ4n) is 5.31. The lowest BCUT2D eigenvalue weighted by Crippen LogP contribution is -2.30. The Bertz CT molecular complexity index is 957. The molecule has 2 heterocycles. The molecule has 1 saturated carbocycles. The Labute approximate surface area is 157 Å². The highest BCUT2D eigenvalue weighted by atomic mass is 16.5. The minimum Gasteiger partial charge on any atom is -0.474 e. The first-order valence-electron chi connectivity index (χ1n) is 9.97. The molecule has 4 nitrogen and oxygen atoms in total. The molecule has 2 unspecified atom stereocenters. The lowest BCUT2D eigenvalue weighted by molar-refractivity contribution is 0.179. The Kier molecular flexibility index (Phi) is 2.57. The Morgan fingerprint density at radius 1 is 0.704 bits per heavy atom. The zero-order chi connectivity index (χ0) is 17.6. The predicted molar refractivity (Wildman–Crippen MR) is 102 cm³/mol. The second kappa shape index (κ2) is 4.80. The van der Waals surface area contributed by atoms with E-state index in [2.05, 4.69) is 48.5 Å². The first-order valence-corrected chi connectivity index (χ1v) is 9.97. The maximum absolute atomic E-state index is 6.39. The van der Waals surface area contributed by atoms with Gasteiger partial charge in [0.1, 0.15) is 29.7 Å². The molecule has 3 aliphatic carbocycles. The van der Waals surface area contributed by atoms with Crippen LogP contribution in [0, 0.1) is 5.41 Å². The number of aliphatic imine (C=N–C) groups is 2. The maximum atomic E-state index is 6.39. The van der Waals surface area contributed by atoms with Crippen LogP contribution in [0.5, 0.6) is 0 Å². The smallest absolute Gasteiger partial charge is 0.200 e. The molecule has 2 aromatic rings. The van der Waals surface area contributed by atoms with Crippen LogP contribution in [-0.2, 0) is 22.3 Å². The van der Waals surface area contributed by atoms with E-state index in [0.717, 1.165) is 37.5 Å². The summed E-state index contributed by atoms with van der Waals surface area (Å²) in [5.41, 5.74) is 5.21. The van der Waals surface area contributed by atoms with E-state index in [1.807, 2.05) is 0 Å². The van der Waals surface area contributed by atoms with Crippen molar-refractivity contribution in [3.63, 3.8) is 0 Å². The molecule has 0 saturated heterocycles. The Morgan fingerprint density at radius 2 is 1.19 bits per heavy atom. The van der Waals surface area contributed by atoms with Crippen molar-refractivity contribution in [2.75, 3.05) is 0 Å². The van der Waals surface area contributed by atoms with E-state index in [9.17, 15) is 0 Å². The first-order chi connectivity index (χ1) is 13.3. The standard InChI is InChI=1S/C23H20N2O2/c1-3-7-15-13(5-1)11-17-19(15)24-21(26-17)23(9-10-23)22-25-20-16-8-4-2-6-14(16)12-18(20)27-22/h1-8,17-20H,9-12H2/t17-,18-,19?,20?/m0/s1. The van der Waals surface area contributed by atoms with Gasteiger partial charge in [-0.25, -0.2) is 9.98 Å². The Morgan fingerprint density at radius 3 is 1.67 bits per heavy atom. The summed E-state index contributed by atoms with van der Waals surface area (Å²) in [6.45, 7) is 0. The van der Waals surface area contributed by atoms with Crippen LogP contribution in [0.4, 0.5) is 0 Å². The highest BCUT2D eigenvalue weighted by Gasteiger charge is 2.61. The minimum absolute atomic E-state index is 0.149. The first kappa shape index (κ1) is 14.4. The molecule has 134 valence electrons. The van der Waals surface area contributed by atoms with Gasteiger partial charge in [-0.2, -0.15) is 0 Å². The summed E-state index contributed by atoms with van der Waals surface area (Å²) in [5.74, 6) is 1.75. The highest BCUT2D eigenvalue weighted by Crippen LogP contribution is 2.56. The van der Waals surface area contributed by atoms with Crippen molar-refractivity contribution in [3.8, 4) is 0 Å². The van der Waals surface area contributed by atoms with Crippen molar-refractivity contribution < 1.29 is 9.47 Å². The normalized spacial score (nSPS) is 33.2. The average Bonchev–Trinajstić information content (AvgIpc) is 2.99. The molecule has 0 spiro atoms. The fourth-order valence-corrected chi connectivity index (χ4v) is 5.31. The van der Waals surface area contributed by atoms with Crippen molar-refractivity contribution in [2.45, 2.75) is 50.0 Å². The van der Waals surface area contributed by atoms with Crippen molar-refractivity contribution >= 4 is 11.8 Å². The van der Waals surface area contributed by atoms with Crippen LogP contribution in [-0.4, -0.2) is 24.0 Å². The fraction of sp³-hybridized carbons (Fsp3) is 0.391. The Hall–Kier alpha value is -2.62. The third-order valence-electron chi connectivity index (χ3n) is 6.90. The monoisotopic (exact) mass is 356 g/mol. The van der Waals surface area contributed by atoms with Gasteiger partial charge in [0, 0.05) is 12.8 Å². The van der Waals surface area contributed by atoms with Crippen LogP contribution in [0.15, 0.2) is 58.5 Å². The van der Waals surface area contributed by atoms with Gasteiger partial charge < -0.3 is 9.47 Å². The van der Waals surface area contributed by atoms with Crippen LogP contribution in [0.1, 0.15) is 47.2 Å². The van der Waals surface area contributed by atoms with Crippen molar-refractivity contribution in [1.82, 2.24) is 0 Å². The third-order valence-corrected chi connectivity index (χ3v) is 6.90. The molecule has 0 aromatic heterocycles. The lowest BCUT2D eigenvalue weighted by atomic mass is 10.1. The number of hydrogen-bond acceptors (Lipinski definition) is 4. The number of nitrogens with zero attached hydrogens (tertiary/aromatic N) is 2. The largest absolute Gasteiger partial charge is 0.474 e. The van der Waals surface area contributed by atoms with Gasteiger partial charge in [0.25, 0.3) is 0 Å². The van der Waals surface area contributed by atoms with Crippen LogP contribution in [0.25, 0.3) is 0 Å². The summed E-state index contributed by atoms with van der Waals surface area (Å²) in [7, 11) is 0. The summed E-state index contributed by atoms with van der Waals surface area (Å²) in [6, 6.07) is 17.5. The highest BCUT2D eigenvalue weighted by molar-refractivity contribution is 6.09. The molecule has 7 rings (SSSR count). The van der Waals surface area contributed by atoms with E-state index in [0.29, 0.717) is 0 Å². The predicted octanol–water partition coefficient (Wildman–Crippen LogP) is 3.96. The van der Waals surface area contributed by atoms with E-state index in [1.165, 1.54) is 22.3 Å². The molecular formula is C23H20N2O2. The topological polar surface area (TPSA) is 43.2 Å². The average molecular weight is 356 g/mol. The third kappa shape index (κ3) is 1.83. The molecule has 27 heavy (non-hydrogen) atoms. The molecule has 5 aliphatic rings. The van der Waals surface area contributed by atoms with E-state index >= 15 is 0 Å². The number of hydrogen-bond donors (Lipinski definition) is 0. The number of rotatable bonds is 2. The van der Waals surface area contributed by atoms with E-state index in [1.54, 1.807) is 0 Å². The van der Waals surface area contributed by atoms with Gasteiger partial charge in [-0.05, 0) is 35.1 Å². The van der Waals surface area contributed by atoms with Gasteiger partial charge in [0.2, 0.25) is 0 Å². The van der Waals surface area contributed by atoms with Gasteiger partial charge in [0.15, 0.2) is 11.8 Å². The summed E-state index contributed by atoms with van der Waals surface area (Å²) in [4.78, 5) is 10.1. The number of benzene rings is 2. The van der Waals surface area contributed by atoms with Crippen molar-refractivity contribution in [2.24, 2.45) is 15.4 Å². The number of fused-ring (bicyclic) bond motifs is 6. The Balaban J connectivity index is 1.23. The molecule has 0 N–H and O–H groups in total. The zero-order valence-corrected chi connectivity index (χ0v) is 15.0. The van der Waals surface area contributed by atoms with Crippen LogP contribution < -0.4 is 0 Å². The van der Waals surface area contributed by atoms with Gasteiger partial charge in [0.05, 0.1) is 0 Å². The summed E-state index contributed by atoms with van der Waals surface area (Å²) < 4.78 is 12.8. The van der Waals surface area contributed by atoms with Gasteiger partial charge >= 0.3 is 0 Å². The SMILES string of the molecule is c1ccc2c(c1)C[C@@H]1OC(C3(C4=NC5c6ccccc6C[C@@H]5O4)CC3)=NC21. The molecule has 2 aliphatic heterocycles. The quantitative estimate of drug-likeness (QED) is 0.818. The maximum Gasteiger partial charge on any atom is 0.200 e. The van der Waals surface area contributed by atoms with Crippen molar-refractivity contribution in [1.29, 1.82) is 0 Å². The summed E-state index contributed by atoms with van der Waals surface area (Å²) in [6.07, 6.45) is 4.28. The molecule has 4 heteroatoms. The summed E-state index contributed by atoms with van der Waals surface area (Å²) >= 11 is 0. The van der Waals surface area contributed by atoms with Crippen LogP contribution in [0.3, 0.4) is 0 Å². The van der Waals surface area contributed by atoms with Gasteiger partial charge in [-0.3, -0.25) is 0 Å². The second-order valence-electron chi connectivity index (χ2n) is 8.46. The molecule has 1 fully saturated rings. The van der Waals surface area contributed by atoms with Gasteiger partial charge in [-0.1, -0.05) is 48.5 Å². The van der Waals surface area contributed by atoms with E-state index in [4.69, 9.17) is 19.5 Å². The van der Waals surface area contributed by atoms with E-state index in [-0.39, 0.29) is 29.7 Å². The molecule has 4 atom stereocenters. The lowest BCUT2D eigenvalue weighted by Gasteiger charge is -2.18. The van der Waals surface area contributed by atoms with Crippen LogP contribution in [0.2, 0.25) is 0 Å². The molecular weight excluding hydrogens is 336 g/mol. The van der Waals surface area contributed by atoms with Gasteiger partial charge in [-0.15, -0.1) is 0 Å². The van der Waals surface area contributed by atoms with Crippen LogP contribution >= 0.6 is 0 Å². The molecule has 0 radical (unpaired) electrons. The molecule has 2 aromatic carbocycles. The molecule has 0 amide bonds. The zero-order valence-electron chi connectivity index (χ0n) is 15.0. The molecule has 0 bridgehead atoms. The second-order valence-corrected chi connectivity index (χ2v) is 8.46. The van der Waals surface area contributed by atoms with E-state index < -0.39 is 0 Å². The number of ether oxygens (including phenoxy) is 2. The minimum atomic E-state index is -0.196. The summed E-state index contributed by atoms with van der Waals surface area (Å²) in [5, 5.41) is 0. The van der Waals surface area contributed by atoms with Crippen molar-refractivity contribution in [3.05, 3.63) is 70.8 Å².